The van der Waals surface area contributed by atoms with E-state index in [-0.39, 0.29) is 6.04 Å². The molecule has 1 aliphatic rings. The minimum atomic E-state index is -3.48. The van der Waals surface area contributed by atoms with Crippen LogP contribution < -0.4 is 4.72 Å². The smallest absolute Gasteiger partial charge is 0.208 e. The zero-order valence-electron chi connectivity index (χ0n) is 10.4. The van der Waals surface area contributed by atoms with Crippen LogP contribution in [0.3, 0.4) is 0 Å². The standard InChI is InChI=1S/C12H15N3O2S2/c16-19(17,14-9-5-2-1-3-6-9)11-8-4-7-10-12(11)18-15-13-10/h4,7-9,14H,1-3,5-6H2. The van der Waals surface area contributed by atoms with Crippen LogP contribution >= 0.6 is 11.5 Å². The molecule has 0 aliphatic heterocycles. The maximum atomic E-state index is 12.5. The van der Waals surface area contributed by atoms with Crippen LogP contribution in [0, 0.1) is 0 Å². The summed E-state index contributed by atoms with van der Waals surface area (Å²) in [5.41, 5.74) is 0.636. The van der Waals surface area contributed by atoms with Gasteiger partial charge in [0.1, 0.15) is 10.4 Å². The molecule has 0 unspecified atom stereocenters. The van der Waals surface area contributed by atoms with E-state index in [0.717, 1.165) is 37.2 Å². The van der Waals surface area contributed by atoms with Crippen LogP contribution in [0.4, 0.5) is 0 Å². The largest absolute Gasteiger partial charge is 0.242 e. The van der Waals surface area contributed by atoms with E-state index >= 15 is 0 Å². The zero-order chi connectivity index (χ0) is 13.3. The normalized spacial score (nSPS) is 17.9. The van der Waals surface area contributed by atoms with Crippen molar-refractivity contribution in [2.45, 2.75) is 43.0 Å². The predicted octanol–water partition coefficient (Wildman–Crippen LogP) is 2.30. The van der Waals surface area contributed by atoms with Crippen LogP contribution in [0.15, 0.2) is 23.1 Å². The number of hydrogen-bond donors (Lipinski definition) is 1. The van der Waals surface area contributed by atoms with Gasteiger partial charge >= 0.3 is 0 Å². The van der Waals surface area contributed by atoms with E-state index in [4.69, 9.17) is 0 Å². The first-order chi connectivity index (χ1) is 9.17. The quantitative estimate of drug-likeness (QED) is 0.943. The van der Waals surface area contributed by atoms with Crippen LogP contribution in [0.2, 0.25) is 0 Å². The van der Waals surface area contributed by atoms with E-state index < -0.39 is 10.0 Å². The fourth-order valence-corrected chi connectivity index (χ4v) is 4.91. The lowest BCUT2D eigenvalue weighted by Crippen LogP contribution is -2.36. The molecule has 1 N–H and O–H groups in total. The van der Waals surface area contributed by atoms with Gasteiger partial charge in [0.15, 0.2) is 0 Å². The molecule has 3 rings (SSSR count). The predicted molar refractivity (Wildman–Crippen MR) is 74.6 cm³/mol. The Morgan fingerprint density at radius 3 is 2.79 bits per heavy atom. The minimum Gasteiger partial charge on any atom is -0.208 e. The molecule has 1 aliphatic carbocycles. The van der Waals surface area contributed by atoms with Crippen LogP contribution in [0.5, 0.6) is 0 Å². The summed E-state index contributed by atoms with van der Waals surface area (Å²) in [5.74, 6) is 0. The second-order valence-electron chi connectivity index (χ2n) is 4.83. The van der Waals surface area contributed by atoms with Gasteiger partial charge < -0.3 is 0 Å². The van der Waals surface area contributed by atoms with Crippen LogP contribution in [0.25, 0.3) is 10.2 Å². The number of hydrogen-bond acceptors (Lipinski definition) is 5. The average Bonchev–Trinajstić information content (AvgIpc) is 2.87. The fraction of sp³-hybridized carbons (Fsp3) is 0.500. The Hall–Kier alpha value is -1.05. The number of nitrogens with zero attached hydrogens (tertiary/aromatic N) is 2. The van der Waals surface area contributed by atoms with Crippen molar-refractivity contribution in [2.24, 2.45) is 0 Å². The molecule has 1 heterocycles. The van der Waals surface area contributed by atoms with Gasteiger partial charge in [0.05, 0.1) is 4.70 Å². The minimum absolute atomic E-state index is 0.0647. The van der Waals surface area contributed by atoms with Crippen molar-refractivity contribution in [1.29, 1.82) is 0 Å². The Kier molecular flexibility index (Phi) is 3.51. The van der Waals surface area contributed by atoms with E-state index in [1.54, 1.807) is 18.2 Å². The first-order valence-electron chi connectivity index (χ1n) is 6.40. The molecular weight excluding hydrogens is 282 g/mol. The van der Waals surface area contributed by atoms with Gasteiger partial charge in [-0.3, -0.25) is 0 Å². The second-order valence-corrected chi connectivity index (χ2v) is 7.27. The number of fused-ring (bicyclic) bond motifs is 1. The van der Waals surface area contributed by atoms with Crippen molar-refractivity contribution >= 4 is 31.8 Å². The molecule has 2 aromatic rings. The maximum absolute atomic E-state index is 12.5. The monoisotopic (exact) mass is 297 g/mol. The van der Waals surface area contributed by atoms with Crippen LogP contribution in [-0.4, -0.2) is 24.0 Å². The molecule has 0 radical (unpaired) electrons. The number of nitrogens with one attached hydrogen (secondary N) is 1. The summed E-state index contributed by atoms with van der Waals surface area (Å²) in [6.07, 6.45) is 5.25. The summed E-state index contributed by atoms with van der Waals surface area (Å²) in [6, 6.07) is 5.17. The van der Waals surface area contributed by atoms with E-state index in [2.05, 4.69) is 14.3 Å². The first kappa shape index (κ1) is 13.0. The molecule has 102 valence electrons. The third kappa shape index (κ3) is 2.63. The Labute approximate surface area is 116 Å². The molecule has 7 heteroatoms. The van der Waals surface area contributed by atoms with Crippen molar-refractivity contribution in [2.75, 3.05) is 0 Å². The van der Waals surface area contributed by atoms with Crippen molar-refractivity contribution in [3.63, 3.8) is 0 Å². The number of rotatable bonds is 3. The number of benzene rings is 1. The van der Waals surface area contributed by atoms with Crippen molar-refractivity contribution in [3.05, 3.63) is 18.2 Å². The van der Waals surface area contributed by atoms with E-state index in [1.807, 2.05) is 0 Å². The molecule has 1 aromatic heterocycles. The van der Waals surface area contributed by atoms with Gasteiger partial charge in [0.25, 0.3) is 0 Å². The van der Waals surface area contributed by atoms with Crippen LogP contribution in [0.1, 0.15) is 32.1 Å². The average molecular weight is 297 g/mol. The van der Waals surface area contributed by atoms with E-state index in [1.165, 1.54) is 6.42 Å². The second kappa shape index (κ2) is 5.15. The summed E-state index contributed by atoms with van der Waals surface area (Å²) in [4.78, 5) is 0.297. The highest BCUT2D eigenvalue weighted by Crippen LogP contribution is 2.26. The summed E-state index contributed by atoms with van der Waals surface area (Å²) >= 11 is 1.12. The molecule has 1 saturated carbocycles. The number of aromatic nitrogens is 2. The molecule has 0 bridgehead atoms. The summed E-state index contributed by atoms with van der Waals surface area (Å²) in [7, 11) is -3.48. The summed E-state index contributed by atoms with van der Waals surface area (Å²) in [6.45, 7) is 0. The Balaban J connectivity index is 1.93. The maximum Gasteiger partial charge on any atom is 0.242 e. The Bertz CT molecular complexity index is 675. The fourth-order valence-electron chi connectivity index (χ4n) is 2.49. The topological polar surface area (TPSA) is 72.0 Å². The number of sulfonamides is 1. The molecule has 0 spiro atoms. The highest BCUT2D eigenvalue weighted by molar-refractivity contribution is 7.90. The molecular formula is C12H15N3O2S2. The molecule has 1 aromatic carbocycles. The third-order valence-corrected chi connectivity index (χ3v) is 5.92. The van der Waals surface area contributed by atoms with Gasteiger partial charge in [0.2, 0.25) is 10.0 Å². The van der Waals surface area contributed by atoms with Gasteiger partial charge in [-0.25, -0.2) is 13.1 Å². The lowest BCUT2D eigenvalue weighted by Gasteiger charge is -2.22. The molecule has 0 atom stereocenters. The summed E-state index contributed by atoms with van der Waals surface area (Å²) < 4.78 is 32.2. The summed E-state index contributed by atoms with van der Waals surface area (Å²) in [5, 5.41) is 3.92. The Morgan fingerprint density at radius 2 is 2.00 bits per heavy atom. The van der Waals surface area contributed by atoms with Gasteiger partial charge in [-0.1, -0.05) is 29.8 Å². The van der Waals surface area contributed by atoms with E-state index in [9.17, 15) is 8.42 Å². The molecule has 1 fully saturated rings. The Morgan fingerprint density at radius 1 is 1.21 bits per heavy atom. The SMILES string of the molecule is O=S(=O)(NC1CCCCC1)c1cccc2nnsc12. The molecule has 19 heavy (non-hydrogen) atoms. The van der Waals surface area contributed by atoms with Crippen molar-refractivity contribution in [1.82, 2.24) is 14.3 Å². The first-order valence-corrected chi connectivity index (χ1v) is 8.66. The van der Waals surface area contributed by atoms with Crippen molar-refractivity contribution < 1.29 is 8.42 Å². The molecule has 0 saturated heterocycles. The third-order valence-electron chi connectivity index (χ3n) is 3.46. The van der Waals surface area contributed by atoms with Gasteiger partial charge in [0, 0.05) is 6.04 Å². The molecule has 5 nitrogen and oxygen atoms in total. The van der Waals surface area contributed by atoms with E-state index in [0.29, 0.717) is 15.1 Å². The highest BCUT2D eigenvalue weighted by Gasteiger charge is 2.24. The lowest BCUT2D eigenvalue weighted by atomic mass is 9.96. The lowest BCUT2D eigenvalue weighted by molar-refractivity contribution is 0.412. The van der Waals surface area contributed by atoms with Gasteiger partial charge in [-0.2, -0.15) is 0 Å². The van der Waals surface area contributed by atoms with Gasteiger partial charge in [-0.05, 0) is 36.5 Å². The van der Waals surface area contributed by atoms with Crippen LogP contribution in [-0.2, 0) is 10.0 Å². The highest BCUT2D eigenvalue weighted by atomic mass is 32.2. The van der Waals surface area contributed by atoms with Gasteiger partial charge in [-0.15, -0.1) is 5.10 Å². The zero-order valence-corrected chi connectivity index (χ0v) is 12.0. The van der Waals surface area contributed by atoms with Crippen molar-refractivity contribution in [3.8, 4) is 0 Å². The molecule has 0 amide bonds.